The maximum Gasteiger partial charge on any atom is 0.470 e. The highest BCUT2D eigenvalue weighted by Crippen LogP contribution is 2.42. The number of phosphoric ester groups is 1. The van der Waals surface area contributed by atoms with Crippen molar-refractivity contribution >= 4 is 43.3 Å². The molecule has 2 heterocycles. The number of aliphatic hydroxyl groups excluding tert-OH is 1. The van der Waals surface area contributed by atoms with E-state index in [2.05, 4.69) is 42.9 Å². The SMILES string of the molecule is CC(=O)N1CCC[C@H]1C(=O)N[C@@H](CC(C)C)C(=O)N[C@@H](Cc1cncn1CCCCCCCCc1ccccc1)C(=O)N[C@@H](CO)C(=O)N[C@H](C(=O)O)C(C)(C)OP(=O)(O)O. The lowest BCUT2D eigenvalue weighted by molar-refractivity contribution is -0.148. The topological polar surface area (TPSA) is 279 Å². The molecule has 5 atom stereocenters. The number of hydrogen-bond acceptors (Lipinski definition) is 10. The van der Waals surface area contributed by atoms with E-state index in [0.29, 0.717) is 31.6 Å². The number of likely N-dealkylation sites (tertiary alicyclic amines) is 1. The molecule has 2 aromatic rings. The molecule has 0 aliphatic carbocycles. The third kappa shape index (κ3) is 17.0. The first kappa shape index (κ1) is 50.7. The first-order chi connectivity index (χ1) is 28.7. The summed E-state index contributed by atoms with van der Waals surface area (Å²) >= 11 is 0. The summed E-state index contributed by atoms with van der Waals surface area (Å²) in [6, 6.07) is 3.20. The Morgan fingerprint density at radius 3 is 2.10 bits per heavy atom. The Labute approximate surface area is 357 Å². The summed E-state index contributed by atoms with van der Waals surface area (Å²) in [5.74, 6) is -5.50. The number of nitrogens with zero attached hydrogens (tertiary/aromatic N) is 3. The molecule has 20 heteroatoms. The molecule has 0 radical (unpaired) electrons. The predicted octanol–water partition coefficient (Wildman–Crippen LogP) is 1.97. The van der Waals surface area contributed by atoms with E-state index in [0.717, 1.165) is 58.8 Å². The number of amides is 5. The van der Waals surface area contributed by atoms with Crippen molar-refractivity contribution in [2.24, 2.45) is 5.92 Å². The summed E-state index contributed by atoms with van der Waals surface area (Å²) in [6.07, 6.45) is 11.3. The van der Waals surface area contributed by atoms with Crippen LogP contribution < -0.4 is 21.3 Å². The number of unbranched alkanes of at least 4 members (excludes halogenated alkanes) is 5. The maximum absolute atomic E-state index is 14.0. The first-order valence-electron chi connectivity index (χ1n) is 20.8. The molecule has 0 bridgehead atoms. The molecule has 0 saturated carbocycles. The molecule has 340 valence electrons. The van der Waals surface area contributed by atoms with Gasteiger partial charge in [0.1, 0.15) is 29.8 Å². The molecule has 0 unspecified atom stereocenters. The van der Waals surface area contributed by atoms with Crippen LogP contribution in [0.3, 0.4) is 0 Å². The lowest BCUT2D eigenvalue weighted by Crippen LogP contribution is -2.62. The smallest absolute Gasteiger partial charge is 0.470 e. The van der Waals surface area contributed by atoms with Gasteiger partial charge in [0.25, 0.3) is 0 Å². The number of benzene rings is 1. The molecule has 3 rings (SSSR count). The van der Waals surface area contributed by atoms with Gasteiger partial charge in [-0.15, -0.1) is 0 Å². The average Bonchev–Trinajstić information content (AvgIpc) is 3.85. The monoisotopic (exact) mass is 877 g/mol. The summed E-state index contributed by atoms with van der Waals surface area (Å²) in [4.78, 5) is 103. The lowest BCUT2D eigenvalue weighted by Gasteiger charge is -2.32. The Morgan fingerprint density at radius 1 is 0.885 bits per heavy atom. The molecule has 8 N–H and O–H groups in total. The number of carboxylic acid groups (broad SMARTS) is 1. The van der Waals surface area contributed by atoms with Crippen LogP contribution in [0, 0.1) is 5.92 Å². The molecule has 61 heavy (non-hydrogen) atoms. The molecule has 1 saturated heterocycles. The highest BCUT2D eigenvalue weighted by molar-refractivity contribution is 7.46. The van der Waals surface area contributed by atoms with Gasteiger partial charge in [0.05, 0.1) is 12.9 Å². The van der Waals surface area contributed by atoms with Crippen LogP contribution in [-0.2, 0) is 57.2 Å². The second kappa shape index (κ2) is 24.1. The van der Waals surface area contributed by atoms with E-state index in [1.54, 1.807) is 6.33 Å². The van der Waals surface area contributed by atoms with Gasteiger partial charge in [0.2, 0.25) is 29.5 Å². The van der Waals surface area contributed by atoms with Gasteiger partial charge in [0.15, 0.2) is 6.04 Å². The van der Waals surface area contributed by atoms with E-state index in [9.17, 15) is 53.3 Å². The van der Waals surface area contributed by atoms with Crippen LogP contribution >= 0.6 is 7.82 Å². The van der Waals surface area contributed by atoms with Gasteiger partial charge in [-0.25, -0.2) is 14.3 Å². The van der Waals surface area contributed by atoms with Crippen molar-refractivity contribution < 1.29 is 57.9 Å². The number of imidazole rings is 1. The second-order valence-corrected chi connectivity index (χ2v) is 17.6. The van der Waals surface area contributed by atoms with Crippen LogP contribution in [0.15, 0.2) is 42.9 Å². The van der Waals surface area contributed by atoms with Crippen molar-refractivity contribution in [1.29, 1.82) is 0 Å². The average molecular weight is 878 g/mol. The number of carboxylic acids is 1. The zero-order valence-electron chi connectivity index (χ0n) is 35.7. The number of nitrogens with one attached hydrogen (secondary N) is 4. The molecule has 1 aromatic heterocycles. The number of carbonyl (C=O) groups excluding carboxylic acids is 5. The molecular formula is C41H64N7O12P. The minimum atomic E-state index is -5.23. The van der Waals surface area contributed by atoms with Crippen molar-refractivity contribution in [2.75, 3.05) is 13.2 Å². The molecule has 5 amide bonds. The van der Waals surface area contributed by atoms with Crippen molar-refractivity contribution in [3.63, 3.8) is 0 Å². The predicted molar refractivity (Wildman–Crippen MR) is 223 cm³/mol. The number of rotatable bonds is 26. The molecular weight excluding hydrogens is 813 g/mol. The number of aliphatic carboxylic acids is 1. The second-order valence-electron chi connectivity index (χ2n) is 16.5. The number of aromatic nitrogens is 2. The lowest BCUT2D eigenvalue weighted by atomic mass is 9.98. The number of phosphoric acid groups is 1. The largest absolute Gasteiger partial charge is 0.480 e. The van der Waals surface area contributed by atoms with Crippen LogP contribution in [0.25, 0.3) is 0 Å². The summed E-state index contributed by atoms with van der Waals surface area (Å²) in [7, 11) is -5.23. The van der Waals surface area contributed by atoms with Gasteiger partial charge < -0.3 is 50.7 Å². The Hall–Kier alpha value is -4.68. The first-order valence-corrected chi connectivity index (χ1v) is 22.4. The highest BCUT2D eigenvalue weighted by atomic mass is 31.2. The number of carbonyl (C=O) groups is 6. The molecule has 1 aliphatic rings. The Morgan fingerprint density at radius 2 is 1.49 bits per heavy atom. The summed E-state index contributed by atoms with van der Waals surface area (Å²) in [5, 5.41) is 29.9. The van der Waals surface area contributed by atoms with Crippen molar-refractivity contribution in [3.05, 3.63) is 54.1 Å². The van der Waals surface area contributed by atoms with E-state index in [-0.39, 0.29) is 24.7 Å². The van der Waals surface area contributed by atoms with E-state index < -0.39 is 79.8 Å². The van der Waals surface area contributed by atoms with Crippen LogP contribution in [0.1, 0.15) is 104 Å². The van der Waals surface area contributed by atoms with Gasteiger partial charge in [-0.05, 0) is 63.9 Å². The fourth-order valence-corrected chi connectivity index (χ4v) is 8.08. The Bertz CT molecular complexity index is 1820. The standard InChI is InChI=1S/C41H64N7O12P/c1-27(2)22-31(44-39(54)34-19-15-21-48(34)28(3)50)36(51)43-32(37(52)45-33(25-49)38(53)46-35(40(55)56)41(4,5)60-61(57,58)59)23-30-24-42-26-47(30)20-14-9-7-6-8-11-16-29-17-12-10-13-18-29/h10,12-13,17-18,24,26-27,31-35,49H,6-9,11,14-16,19-23,25H2,1-5H3,(H,43,51)(H,44,54)(H,45,52)(H,46,53)(H,55,56)(H2,57,58,59)/t31-,32-,33-,34-,35+/m0/s1. The van der Waals surface area contributed by atoms with Crippen LogP contribution in [0.4, 0.5) is 0 Å². The van der Waals surface area contributed by atoms with Gasteiger partial charge in [-0.1, -0.05) is 69.9 Å². The summed E-state index contributed by atoms with van der Waals surface area (Å²) in [6.45, 7) is 7.04. The van der Waals surface area contributed by atoms with Crippen LogP contribution in [0.2, 0.25) is 0 Å². The van der Waals surface area contributed by atoms with Gasteiger partial charge >= 0.3 is 13.8 Å². The normalized spacial score (nSPS) is 16.3. The van der Waals surface area contributed by atoms with Gasteiger partial charge in [0, 0.05) is 38.3 Å². The van der Waals surface area contributed by atoms with Crippen LogP contribution in [-0.4, -0.2) is 119 Å². The van der Waals surface area contributed by atoms with Crippen molar-refractivity contribution in [1.82, 2.24) is 35.7 Å². The van der Waals surface area contributed by atoms with E-state index >= 15 is 0 Å². The Kier molecular flexibility index (Phi) is 20.0. The van der Waals surface area contributed by atoms with Crippen LogP contribution in [0.5, 0.6) is 0 Å². The number of aryl methyl sites for hydroxylation is 2. The fraction of sp³-hybridized carbons (Fsp3) is 0.634. The van der Waals surface area contributed by atoms with Crippen molar-refractivity contribution in [3.8, 4) is 0 Å². The zero-order valence-corrected chi connectivity index (χ0v) is 36.6. The number of aliphatic hydroxyl groups is 1. The molecule has 1 aromatic carbocycles. The van der Waals surface area contributed by atoms with E-state index in [4.69, 9.17) is 0 Å². The molecule has 0 spiro atoms. The molecule has 1 aliphatic heterocycles. The van der Waals surface area contributed by atoms with Gasteiger partial charge in [-0.3, -0.25) is 28.5 Å². The van der Waals surface area contributed by atoms with E-state index in [1.165, 1.54) is 23.6 Å². The maximum atomic E-state index is 14.0. The van der Waals surface area contributed by atoms with Crippen molar-refractivity contribution in [2.45, 2.75) is 148 Å². The minimum Gasteiger partial charge on any atom is -0.480 e. The molecule has 1 fully saturated rings. The Balaban J connectivity index is 1.78. The fourth-order valence-electron chi connectivity index (χ4n) is 7.36. The zero-order chi connectivity index (χ0) is 45.3. The quantitative estimate of drug-likeness (QED) is 0.0497. The summed E-state index contributed by atoms with van der Waals surface area (Å²) < 4.78 is 18.0. The highest BCUT2D eigenvalue weighted by Gasteiger charge is 2.43. The summed E-state index contributed by atoms with van der Waals surface area (Å²) in [5.41, 5.74) is -0.277. The third-order valence-corrected chi connectivity index (χ3v) is 11.2. The third-order valence-electron chi connectivity index (χ3n) is 10.5. The molecule has 19 nitrogen and oxygen atoms in total. The van der Waals surface area contributed by atoms with Gasteiger partial charge in [-0.2, -0.15) is 0 Å². The minimum absolute atomic E-state index is 0.0930. The number of hydrogen-bond donors (Lipinski definition) is 8. The van der Waals surface area contributed by atoms with E-state index in [1.807, 2.05) is 36.6 Å².